The summed E-state index contributed by atoms with van der Waals surface area (Å²) in [5.74, 6) is 0.510. The third kappa shape index (κ3) is 3.83. The van der Waals surface area contributed by atoms with E-state index in [-0.39, 0.29) is 11.7 Å². The minimum atomic E-state index is -0.143. The molecule has 1 aromatic rings. The number of hydrogen-bond acceptors (Lipinski definition) is 2. The summed E-state index contributed by atoms with van der Waals surface area (Å²) in [6, 6.07) is 9.97. The Morgan fingerprint density at radius 2 is 2.05 bits per heavy atom. The number of allylic oxidation sites excluding steroid dienone is 4. The van der Waals surface area contributed by atoms with Crippen LogP contribution in [0, 0.1) is 0 Å². The van der Waals surface area contributed by atoms with Crippen LogP contribution < -0.4 is 0 Å². The molecule has 0 saturated heterocycles. The Labute approximate surface area is 121 Å². The molecule has 0 saturated carbocycles. The Morgan fingerprint density at radius 1 is 1.30 bits per heavy atom. The predicted molar refractivity (Wildman–Crippen MR) is 81.5 cm³/mol. The molecule has 2 nitrogen and oxygen atoms in total. The van der Waals surface area contributed by atoms with Crippen molar-refractivity contribution in [1.82, 2.24) is 0 Å². The number of carbonyl (C=O) groups excluding carboxylic acids is 1. The maximum absolute atomic E-state index is 12.7. The zero-order chi connectivity index (χ0) is 14.4. The van der Waals surface area contributed by atoms with Gasteiger partial charge in [-0.25, -0.2) is 0 Å². The Bertz CT molecular complexity index is 507. The molecule has 0 aromatic heterocycles. The van der Waals surface area contributed by atoms with Crippen molar-refractivity contribution >= 4 is 5.78 Å². The van der Waals surface area contributed by atoms with Gasteiger partial charge in [-0.05, 0) is 44.7 Å². The lowest BCUT2D eigenvalue weighted by Gasteiger charge is -2.19. The molecule has 2 rings (SSSR count). The van der Waals surface area contributed by atoms with Gasteiger partial charge in [0.1, 0.15) is 0 Å². The van der Waals surface area contributed by atoms with Crippen LogP contribution in [0.4, 0.5) is 0 Å². The maximum Gasteiger partial charge on any atom is 0.204 e. The second-order valence-electron chi connectivity index (χ2n) is 5.40. The SMILES string of the molecule is CC(C)=CCC(C(=O)C1=CCCCO1)c1ccccc1. The predicted octanol–water partition coefficient (Wildman–Crippen LogP) is 4.39. The summed E-state index contributed by atoms with van der Waals surface area (Å²) in [6.07, 6.45) is 6.72. The molecule has 0 N–H and O–H groups in total. The van der Waals surface area contributed by atoms with Crippen molar-refractivity contribution in [3.8, 4) is 0 Å². The van der Waals surface area contributed by atoms with E-state index in [1.807, 2.05) is 36.4 Å². The summed E-state index contributed by atoms with van der Waals surface area (Å²) < 4.78 is 5.54. The highest BCUT2D eigenvalue weighted by molar-refractivity contribution is 5.98. The molecule has 0 radical (unpaired) electrons. The lowest BCUT2D eigenvalue weighted by Crippen LogP contribution is -2.18. The standard InChI is InChI=1S/C18H22O2/c1-14(2)11-12-16(15-8-4-3-5-9-15)18(19)17-10-6-7-13-20-17/h3-5,8-11,16H,6-7,12-13H2,1-2H3. The quantitative estimate of drug-likeness (QED) is 0.742. The summed E-state index contributed by atoms with van der Waals surface area (Å²) in [6.45, 7) is 4.77. The van der Waals surface area contributed by atoms with Crippen LogP contribution in [-0.4, -0.2) is 12.4 Å². The van der Waals surface area contributed by atoms with Crippen molar-refractivity contribution in [3.05, 3.63) is 59.4 Å². The van der Waals surface area contributed by atoms with E-state index in [2.05, 4.69) is 19.9 Å². The van der Waals surface area contributed by atoms with E-state index in [0.717, 1.165) is 24.8 Å². The summed E-state index contributed by atoms with van der Waals surface area (Å²) in [5.41, 5.74) is 2.29. The van der Waals surface area contributed by atoms with Crippen molar-refractivity contribution < 1.29 is 9.53 Å². The lowest BCUT2D eigenvalue weighted by atomic mass is 9.89. The van der Waals surface area contributed by atoms with Gasteiger partial charge in [0.15, 0.2) is 5.76 Å². The smallest absolute Gasteiger partial charge is 0.204 e. The highest BCUT2D eigenvalue weighted by Gasteiger charge is 2.25. The largest absolute Gasteiger partial charge is 0.490 e. The van der Waals surface area contributed by atoms with Crippen molar-refractivity contribution in [1.29, 1.82) is 0 Å². The number of benzene rings is 1. The second kappa shape index (κ2) is 7.09. The maximum atomic E-state index is 12.7. The molecule has 1 atom stereocenters. The van der Waals surface area contributed by atoms with Gasteiger partial charge < -0.3 is 4.74 Å². The van der Waals surface area contributed by atoms with Crippen LogP contribution in [-0.2, 0) is 9.53 Å². The molecule has 0 spiro atoms. The summed E-state index contributed by atoms with van der Waals surface area (Å²) in [4.78, 5) is 12.7. The van der Waals surface area contributed by atoms with Gasteiger partial charge in [0, 0.05) is 0 Å². The molecule has 0 fully saturated rings. The van der Waals surface area contributed by atoms with Crippen molar-refractivity contribution in [2.24, 2.45) is 0 Å². The van der Waals surface area contributed by atoms with E-state index in [4.69, 9.17) is 4.74 Å². The first-order valence-electron chi connectivity index (χ1n) is 7.24. The van der Waals surface area contributed by atoms with Crippen LogP contribution in [0.15, 0.2) is 53.8 Å². The average Bonchev–Trinajstić information content (AvgIpc) is 2.49. The van der Waals surface area contributed by atoms with Crippen molar-refractivity contribution in [2.45, 2.75) is 39.0 Å². The molecular weight excluding hydrogens is 248 g/mol. The molecule has 1 aliphatic heterocycles. The number of rotatable bonds is 5. The minimum absolute atomic E-state index is 0.105. The highest BCUT2D eigenvalue weighted by Crippen LogP contribution is 2.27. The summed E-state index contributed by atoms with van der Waals surface area (Å²) >= 11 is 0. The van der Waals surface area contributed by atoms with Gasteiger partial charge in [0.05, 0.1) is 12.5 Å². The molecule has 1 heterocycles. The van der Waals surface area contributed by atoms with E-state index in [1.54, 1.807) is 0 Å². The van der Waals surface area contributed by atoms with Gasteiger partial charge in [0.25, 0.3) is 0 Å². The fraction of sp³-hybridized carbons (Fsp3) is 0.389. The van der Waals surface area contributed by atoms with E-state index in [0.29, 0.717) is 12.4 Å². The van der Waals surface area contributed by atoms with Crippen molar-refractivity contribution in [3.63, 3.8) is 0 Å². The number of hydrogen-bond donors (Lipinski definition) is 0. The highest BCUT2D eigenvalue weighted by atomic mass is 16.5. The monoisotopic (exact) mass is 270 g/mol. The fourth-order valence-electron chi connectivity index (χ4n) is 2.33. The molecule has 2 heteroatoms. The Hall–Kier alpha value is -1.83. The van der Waals surface area contributed by atoms with Gasteiger partial charge >= 0.3 is 0 Å². The molecule has 20 heavy (non-hydrogen) atoms. The Kier molecular flexibility index (Phi) is 5.16. The number of ether oxygens (including phenoxy) is 1. The van der Waals surface area contributed by atoms with E-state index < -0.39 is 0 Å². The van der Waals surface area contributed by atoms with Crippen LogP contribution in [0.3, 0.4) is 0 Å². The fourth-order valence-corrected chi connectivity index (χ4v) is 2.33. The van der Waals surface area contributed by atoms with Gasteiger partial charge in [-0.2, -0.15) is 0 Å². The topological polar surface area (TPSA) is 26.3 Å². The zero-order valence-electron chi connectivity index (χ0n) is 12.3. The minimum Gasteiger partial charge on any atom is -0.490 e. The molecule has 106 valence electrons. The molecule has 1 unspecified atom stereocenters. The first kappa shape index (κ1) is 14.6. The van der Waals surface area contributed by atoms with Gasteiger partial charge in [-0.1, -0.05) is 42.0 Å². The second-order valence-corrected chi connectivity index (χ2v) is 5.40. The zero-order valence-corrected chi connectivity index (χ0v) is 12.3. The summed E-state index contributed by atoms with van der Waals surface area (Å²) in [7, 11) is 0. The van der Waals surface area contributed by atoms with Gasteiger partial charge in [-0.15, -0.1) is 0 Å². The van der Waals surface area contributed by atoms with Crippen LogP contribution in [0.5, 0.6) is 0 Å². The summed E-state index contributed by atoms with van der Waals surface area (Å²) in [5, 5.41) is 0. The normalized spacial score (nSPS) is 15.8. The van der Waals surface area contributed by atoms with E-state index >= 15 is 0 Å². The number of ketones is 1. The van der Waals surface area contributed by atoms with Crippen molar-refractivity contribution in [2.75, 3.05) is 6.61 Å². The molecule has 1 aromatic carbocycles. The average molecular weight is 270 g/mol. The van der Waals surface area contributed by atoms with E-state index in [1.165, 1.54) is 5.57 Å². The lowest BCUT2D eigenvalue weighted by molar-refractivity contribution is -0.120. The van der Waals surface area contributed by atoms with Crippen LogP contribution in [0.1, 0.15) is 44.6 Å². The van der Waals surface area contributed by atoms with E-state index in [9.17, 15) is 4.79 Å². The van der Waals surface area contributed by atoms with Crippen LogP contribution in [0.25, 0.3) is 0 Å². The molecule has 1 aliphatic rings. The van der Waals surface area contributed by atoms with Crippen LogP contribution >= 0.6 is 0 Å². The molecule has 0 amide bonds. The Balaban J connectivity index is 2.24. The number of Topliss-reactive ketones (excluding diaryl/α,β-unsaturated/α-hetero) is 1. The van der Waals surface area contributed by atoms with Gasteiger partial charge in [-0.3, -0.25) is 4.79 Å². The van der Waals surface area contributed by atoms with Crippen LogP contribution in [0.2, 0.25) is 0 Å². The molecule has 0 bridgehead atoms. The number of carbonyl (C=O) groups is 1. The van der Waals surface area contributed by atoms with Gasteiger partial charge in [0.2, 0.25) is 5.78 Å². The first-order chi connectivity index (χ1) is 9.68. The third-order valence-corrected chi connectivity index (χ3v) is 3.46. The molecular formula is C18H22O2. The molecule has 0 aliphatic carbocycles. The Morgan fingerprint density at radius 3 is 2.65 bits per heavy atom. The third-order valence-electron chi connectivity index (χ3n) is 3.46. The first-order valence-corrected chi connectivity index (χ1v) is 7.24.